The zero-order chi connectivity index (χ0) is 18.1. The van der Waals surface area contributed by atoms with Crippen LogP contribution in [-0.2, 0) is 15.2 Å². The maximum atomic E-state index is 13.3. The van der Waals surface area contributed by atoms with Gasteiger partial charge in [-0.25, -0.2) is 0 Å². The number of hydrogen-bond acceptors (Lipinski definition) is 4. The minimum Gasteiger partial charge on any atom is -0.463 e. The van der Waals surface area contributed by atoms with Crippen LogP contribution in [0.2, 0.25) is 0 Å². The van der Waals surface area contributed by atoms with Crippen LogP contribution in [-0.4, -0.2) is 47.1 Å². The lowest BCUT2D eigenvalue weighted by Gasteiger charge is -2.28. The van der Waals surface area contributed by atoms with Crippen molar-refractivity contribution in [2.75, 3.05) is 13.1 Å². The third-order valence-electron chi connectivity index (χ3n) is 4.03. The van der Waals surface area contributed by atoms with Crippen molar-refractivity contribution < 1.29 is 32.3 Å². The Hall–Kier alpha value is -2.03. The van der Waals surface area contributed by atoms with Crippen LogP contribution in [0.3, 0.4) is 0 Å². The van der Waals surface area contributed by atoms with Gasteiger partial charge in [0, 0.05) is 26.1 Å². The van der Waals surface area contributed by atoms with Crippen LogP contribution >= 0.6 is 0 Å². The maximum absolute atomic E-state index is 13.3. The summed E-state index contributed by atoms with van der Waals surface area (Å²) >= 11 is 0. The van der Waals surface area contributed by atoms with Gasteiger partial charge >= 0.3 is 6.18 Å². The number of amides is 2. The van der Waals surface area contributed by atoms with E-state index in [1.165, 1.54) is 24.8 Å². The van der Waals surface area contributed by atoms with E-state index in [2.05, 4.69) is 5.32 Å². The van der Waals surface area contributed by atoms with Crippen molar-refractivity contribution in [3.05, 3.63) is 23.7 Å². The van der Waals surface area contributed by atoms with E-state index in [-0.39, 0.29) is 18.2 Å². The molecule has 1 saturated heterocycles. The second-order valence-corrected chi connectivity index (χ2v) is 5.96. The molecule has 24 heavy (non-hydrogen) atoms. The van der Waals surface area contributed by atoms with Crippen molar-refractivity contribution in [3.8, 4) is 0 Å². The average molecular weight is 348 g/mol. The number of halogens is 3. The molecule has 2 atom stereocenters. The van der Waals surface area contributed by atoms with Crippen molar-refractivity contribution in [2.45, 2.75) is 44.5 Å². The molecule has 0 aliphatic carbocycles. The normalized spacial score (nSPS) is 20.8. The maximum Gasteiger partial charge on any atom is 0.425 e. The van der Waals surface area contributed by atoms with Crippen molar-refractivity contribution >= 4 is 11.8 Å². The number of furan rings is 1. The summed E-state index contributed by atoms with van der Waals surface area (Å²) in [7, 11) is 0. The molecule has 0 radical (unpaired) electrons. The van der Waals surface area contributed by atoms with Crippen LogP contribution in [0, 0.1) is 6.92 Å². The highest BCUT2D eigenvalue weighted by atomic mass is 19.4. The molecule has 2 N–H and O–H groups in total. The summed E-state index contributed by atoms with van der Waals surface area (Å²) in [6, 6.07) is 1.85. The van der Waals surface area contributed by atoms with Crippen LogP contribution < -0.4 is 5.32 Å². The summed E-state index contributed by atoms with van der Waals surface area (Å²) in [6.07, 6.45) is -5.83. The number of carbonyl (C=O) groups excluding carboxylic acids is 2. The van der Waals surface area contributed by atoms with Crippen LogP contribution in [0.15, 0.2) is 16.5 Å². The summed E-state index contributed by atoms with van der Waals surface area (Å²) < 4.78 is 44.8. The Bertz CT molecular complexity index is 628. The molecule has 1 fully saturated rings. The summed E-state index contributed by atoms with van der Waals surface area (Å²) in [4.78, 5) is 24.7. The number of aryl methyl sites for hydroxylation is 1. The van der Waals surface area contributed by atoms with Crippen LogP contribution in [0.4, 0.5) is 13.2 Å². The molecule has 1 aromatic rings. The van der Waals surface area contributed by atoms with Gasteiger partial charge in [-0.3, -0.25) is 9.59 Å². The molecule has 2 rings (SSSR count). The van der Waals surface area contributed by atoms with Gasteiger partial charge in [-0.05, 0) is 25.5 Å². The monoisotopic (exact) mass is 348 g/mol. The fourth-order valence-electron chi connectivity index (χ4n) is 2.66. The zero-order valence-electron chi connectivity index (χ0n) is 13.3. The number of aliphatic hydroxyl groups is 1. The Morgan fingerprint density at radius 3 is 2.54 bits per heavy atom. The third kappa shape index (κ3) is 3.72. The first kappa shape index (κ1) is 18.3. The molecule has 0 bridgehead atoms. The third-order valence-corrected chi connectivity index (χ3v) is 4.03. The molecule has 6 nitrogen and oxygen atoms in total. The van der Waals surface area contributed by atoms with Crippen molar-refractivity contribution in [3.63, 3.8) is 0 Å². The summed E-state index contributed by atoms with van der Waals surface area (Å²) in [5.74, 6) is -1.65. The number of nitrogens with zero attached hydrogens (tertiary/aromatic N) is 1. The highest BCUT2D eigenvalue weighted by molar-refractivity contribution is 5.78. The largest absolute Gasteiger partial charge is 0.463 e. The molecule has 2 amide bonds. The lowest BCUT2D eigenvalue weighted by molar-refractivity contribution is -0.273. The molecule has 1 aliphatic heterocycles. The van der Waals surface area contributed by atoms with Gasteiger partial charge in [0.2, 0.25) is 17.4 Å². The molecule has 2 heterocycles. The quantitative estimate of drug-likeness (QED) is 0.863. The number of carbonyl (C=O) groups is 2. The highest BCUT2D eigenvalue weighted by Gasteiger charge is 2.58. The average Bonchev–Trinajstić information content (AvgIpc) is 3.06. The topological polar surface area (TPSA) is 82.8 Å². The van der Waals surface area contributed by atoms with E-state index in [4.69, 9.17) is 4.42 Å². The van der Waals surface area contributed by atoms with E-state index >= 15 is 0 Å². The van der Waals surface area contributed by atoms with E-state index in [1.807, 2.05) is 0 Å². The SMILES string of the molecule is CC(=O)N1CCC(NC(=O)CC(O)(c2ccc(C)o2)C(F)(F)F)C1. The Morgan fingerprint density at radius 2 is 2.08 bits per heavy atom. The minimum atomic E-state index is -5.07. The van der Waals surface area contributed by atoms with Crippen molar-refractivity contribution in [1.29, 1.82) is 0 Å². The molecular weight excluding hydrogens is 329 g/mol. The second-order valence-electron chi connectivity index (χ2n) is 5.96. The lowest BCUT2D eigenvalue weighted by Crippen LogP contribution is -2.48. The minimum absolute atomic E-state index is 0.162. The fraction of sp³-hybridized carbons (Fsp3) is 0.600. The number of nitrogens with one attached hydrogen (secondary N) is 1. The molecule has 2 unspecified atom stereocenters. The zero-order valence-corrected chi connectivity index (χ0v) is 13.3. The fourth-order valence-corrected chi connectivity index (χ4v) is 2.66. The number of hydrogen-bond donors (Lipinski definition) is 2. The smallest absolute Gasteiger partial charge is 0.425 e. The van der Waals surface area contributed by atoms with Gasteiger partial charge in [0.25, 0.3) is 0 Å². The van der Waals surface area contributed by atoms with E-state index in [0.29, 0.717) is 13.0 Å². The number of rotatable bonds is 4. The second kappa shape index (κ2) is 6.46. The molecule has 0 aromatic carbocycles. The highest BCUT2D eigenvalue weighted by Crippen LogP contribution is 2.42. The molecule has 1 aliphatic rings. The van der Waals surface area contributed by atoms with Gasteiger partial charge in [-0.1, -0.05) is 0 Å². The Labute approximate surface area is 136 Å². The van der Waals surface area contributed by atoms with Crippen molar-refractivity contribution in [2.24, 2.45) is 0 Å². The summed E-state index contributed by atoms with van der Waals surface area (Å²) in [6.45, 7) is 3.49. The Morgan fingerprint density at radius 1 is 1.42 bits per heavy atom. The van der Waals surface area contributed by atoms with E-state index < -0.39 is 35.9 Å². The molecule has 9 heteroatoms. The first-order chi connectivity index (χ1) is 11.0. The predicted octanol–water partition coefficient (Wildman–Crippen LogP) is 1.47. The first-order valence-electron chi connectivity index (χ1n) is 7.44. The van der Waals surface area contributed by atoms with E-state index in [1.54, 1.807) is 0 Å². The predicted molar refractivity (Wildman–Crippen MR) is 76.8 cm³/mol. The molecule has 134 valence electrons. The van der Waals surface area contributed by atoms with Gasteiger partial charge in [-0.15, -0.1) is 0 Å². The molecule has 0 saturated carbocycles. The van der Waals surface area contributed by atoms with Crippen LogP contribution in [0.1, 0.15) is 31.3 Å². The first-order valence-corrected chi connectivity index (χ1v) is 7.44. The molecule has 0 spiro atoms. The van der Waals surface area contributed by atoms with Crippen molar-refractivity contribution in [1.82, 2.24) is 10.2 Å². The number of alkyl halides is 3. The van der Waals surface area contributed by atoms with Gasteiger partial charge in [-0.2, -0.15) is 13.2 Å². The van der Waals surface area contributed by atoms with Gasteiger partial charge in [0.15, 0.2) is 0 Å². The van der Waals surface area contributed by atoms with Crippen LogP contribution in [0.5, 0.6) is 0 Å². The lowest BCUT2D eigenvalue weighted by atomic mass is 9.95. The standard InChI is InChI=1S/C15H19F3N2O4/c1-9-3-4-12(24-9)14(23,15(16,17)18)7-13(22)19-11-5-6-20(8-11)10(2)21/h3-4,11,23H,5-8H2,1-2H3,(H,19,22). The number of likely N-dealkylation sites (tertiary alicyclic amines) is 1. The molecular formula is C15H19F3N2O4. The Kier molecular flexibility index (Phi) is 4.93. The van der Waals surface area contributed by atoms with Gasteiger partial charge < -0.3 is 19.7 Å². The van der Waals surface area contributed by atoms with E-state index in [0.717, 1.165) is 6.07 Å². The molecule has 1 aromatic heterocycles. The van der Waals surface area contributed by atoms with Gasteiger partial charge in [0.05, 0.1) is 6.42 Å². The van der Waals surface area contributed by atoms with E-state index in [9.17, 15) is 27.9 Å². The summed E-state index contributed by atoms with van der Waals surface area (Å²) in [5.41, 5.74) is -3.40. The van der Waals surface area contributed by atoms with Gasteiger partial charge in [0.1, 0.15) is 11.5 Å². The Balaban J connectivity index is 2.08. The summed E-state index contributed by atoms with van der Waals surface area (Å²) in [5, 5.41) is 12.5. The van der Waals surface area contributed by atoms with Crippen LogP contribution in [0.25, 0.3) is 0 Å².